The Bertz CT molecular complexity index is 486. The molecule has 106 valence electrons. The molecule has 0 bridgehead atoms. The van der Waals surface area contributed by atoms with Gasteiger partial charge in [-0.15, -0.1) is 0 Å². The highest BCUT2D eigenvalue weighted by Crippen LogP contribution is 2.49. The molecular weight excluding hydrogens is 305 g/mol. The molecule has 0 saturated heterocycles. The van der Waals surface area contributed by atoms with E-state index in [-0.39, 0.29) is 16.8 Å². The summed E-state index contributed by atoms with van der Waals surface area (Å²) in [6.07, 6.45) is 1.94. The fourth-order valence-electron chi connectivity index (χ4n) is 3.16. The van der Waals surface area contributed by atoms with Crippen molar-refractivity contribution < 1.29 is 4.39 Å². The molecule has 1 aromatic rings. The number of hydrogen-bond acceptors (Lipinski definition) is 1. The number of halogens is 2. The van der Waals surface area contributed by atoms with E-state index in [2.05, 4.69) is 61.5 Å². The van der Waals surface area contributed by atoms with E-state index in [4.69, 9.17) is 0 Å². The Hall–Kier alpha value is -0.570. The largest absolute Gasteiger partial charge is 0.365 e. The maximum Gasteiger partial charge on any atom is 0.143 e. The topological polar surface area (TPSA) is 3.24 Å². The van der Waals surface area contributed by atoms with E-state index < -0.39 is 0 Å². The SMILES string of the molecule is CCC1(CC)CN(C(C)(C)C)c2ccc(Br)c(F)c21. The molecule has 1 aliphatic rings. The van der Waals surface area contributed by atoms with Gasteiger partial charge in [-0.2, -0.15) is 0 Å². The summed E-state index contributed by atoms with van der Waals surface area (Å²) in [4.78, 5) is 2.35. The molecule has 0 atom stereocenters. The van der Waals surface area contributed by atoms with Crippen LogP contribution in [0.1, 0.15) is 53.0 Å². The molecule has 2 rings (SSSR count). The van der Waals surface area contributed by atoms with Crippen LogP contribution >= 0.6 is 15.9 Å². The molecule has 0 amide bonds. The first kappa shape index (κ1) is 14.8. The van der Waals surface area contributed by atoms with Crippen LogP contribution in [0.25, 0.3) is 0 Å². The fraction of sp³-hybridized carbons (Fsp3) is 0.625. The standard InChI is InChI=1S/C16H23BrFN/c1-6-16(7-2)10-19(15(3,4)5)12-9-8-11(17)14(18)13(12)16/h8-9H,6-7,10H2,1-5H3. The van der Waals surface area contributed by atoms with Crippen LogP contribution in [0.2, 0.25) is 0 Å². The maximum atomic E-state index is 14.7. The lowest BCUT2D eigenvalue weighted by molar-refractivity contribution is 0.376. The van der Waals surface area contributed by atoms with E-state index in [1.807, 2.05) is 6.07 Å². The summed E-state index contributed by atoms with van der Waals surface area (Å²) in [6.45, 7) is 11.8. The predicted octanol–water partition coefficient (Wildman–Crippen LogP) is 5.26. The molecule has 0 saturated carbocycles. The van der Waals surface area contributed by atoms with Crippen molar-refractivity contribution in [1.29, 1.82) is 0 Å². The Kier molecular flexibility index (Phi) is 3.72. The minimum Gasteiger partial charge on any atom is -0.365 e. The monoisotopic (exact) mass is 327 g/mol. The third kappa shape index (κ3) is 2.20. The number of hydrogen-bond donors (Lipinski definition) is 0. The molecule has 0 aliphatic carbocycles. The molecule has 0 aromatic heterocycles. The highest BCUT2D eigenvalue weighted by molar-refractivity contribution is 9.10. The highest BCUT2D eigenvalue weighted by atomic mass is 79.9. The Labute approximate surface area is 124 Å². The lowest BCUT2D eigenvalue weighted by Crippen LogP contribution is -2.44. The molecule has 1 aliphatic heterocycles. The third-order valence-corrected chi connectivity index (χ3v) is 5.13. The zero-order valence-corrected chi connectivity index (χ0v) is 14.1. The lowest BCUT2D eigenvalue weighted by atomic mass is 9.77. The minimum absolute atomic E-state index is 0.0150. The second kappa shape index (κ2) is 4.76. The first-order chi connectivity index (χ1) is 8.77. The first-order valence-corrected chi connectivity index (χ1v) is 7.82. The van der Waals surface area contributed by atoms with Crippen LogP contribution < -0.4 is 4.90 Å². The Morgan fingerprint density at radius 1 is 1.26 bits per heavy atom. The van der Waals surface area contributed by atoms with Gasteiger partial charge in [0.15, 0.2) is 0 Å². The van der Waals surface area contributed by atoms with E-state index >= 15 is 0 Å². The van der Waals surface area contributed by atoms with Gasteiger partial charge in [0.2, 0.25) is 0 Å². The van der Waals surface area contributed by atoms with Crippen molar-refractivity contribution in [3.8, 4) is 0 Å². The average molecular weight is 328 g/mol. The van der Waals surface area contributed by atoms with Crippen LogP contribution in [0.5, 0.6) is 0 Å². The Morgan fingerprint density at radius 3 is 2.32 bits per heavy atom. The van der Waals surface area contributed by atoms with Gasteiger partial charge in [-0.1, -0.05) is 13.8 Å². The fourth-order valence-corrected chi connectivity index (χ4v) is 3.49. The van der Waals surface area contributed by atoms with Gasteiger partial charge < -0.3 is 4.90 Å². The van der Waals surface area contributed by atoms with Crippen molar-refractivity contribution in [2.24, 2.45) is 0 Å². The summed E-state index contributed by atoms with van der Waals surface area (Å²) in [5, 5.41) is 0. The highest BCUT2D eigenvalue weighted by Gasteiger charge is 2.45. The first-order valence-electron chi connectivity index (χ1n) is 7.03. The molecule has 3 heteroatoms. The maximum absolute atomic E-state index is 14.7. The second-order valence-corrected chi connectivity index (χ2v) is 7.35. The van der Waals surface area contributed by atoms with E-state index in [0.29, 0.717) is 4.47 Å². The molecule has 0 spiro atoms. The van der Waals surface area contributed by atoms with E-state index in [9.17, 15) is 4.39 Å². The molecule has 1 heterocycles. The molecule has 0 fully saturated rings. The van der Waals surface area contributed by atoms with Gasteiger partial charge in [-0.25, -0.2) is 4.39 Å². The Balaban J connectivity index is 2.69. The normalized spacial score (nSPS) is 17.7. The van der Waals surface area contributed by atoms with Crippen LogP contribution in [0, 0.1) is 5.82 Å². The average Bonchev–Trinajstić information content (AvgIpc) is 2.69. The number of rotatable bonds is 2. The van der Waals surface area contributed by atoms with Crippen LogP contribution in [0.15, 0.2) is 16.6 Å². The van der Waals surface area contributed by atoms with E-state index in [0.717, 1.165) is 30.6 Å². The zero-order valence-electron chi connectivity index (χ0n) is 12.5. The summed E-state index contributed by atoms with van der Waals surface area (Å²) in [7, 11) is 0. The summed E-state index contributed by atoms with van der Waals surface area (Å²) >= 11 is 3.34. The molecule has 1 aromatic carbocycles. The zero-order chi connectivity index (χ0) is 14.4. The summed E-state index contributed by atoms with van der Waals surface area (Å²) in [5.74, 6) is -0.0760. The number of fused-ring (bicyclic) bond motifs is 1. The lowest BCUT2D eigenvalue weighted by Gasteiger charge is -2.36. The number of anilines is 1. The molecule has 19 heavy (non-hydrogen) atoms. The van der Waals surface area contributed by atoms with Crippen molar-refractivity contribution in [3.63, 3.8) is 0 Å². The van der Waals surface area contributed by atoms with Gasteiger partial charge in [0.1, 0.15) is 5.82 Å². The van der Waals surface area contributed by atoms with Crippen LogP contribution in [0.4, 0.5) is 10.1 Å². The van der Waals surface area contributed by atoms with Crippen LogP contribution in [-0.4, -0.2) is 12.1 Å². The molecule has 0 unspecified atom stereocenters. The summed E-state index contributed by atoms with van der Waals surface area (Å²) in [6, 6.07) is 3.88. The quantitative estimate of drug-likeness (QED) is 0.715. The van der Waals surface area contributed by atoms with Crippen molar-refractivity contribution in [2.45, 2.75) is 58.4 Å². The van der Waals surface area contributed by atoms with Crippen molar-refractivity contribution in [1.82, 2.24) is 0 Å². The van der Waals surface area contributed by atoms with Gasteiger partial charge >= 0.3 is 0 Å². The molecular formula is C16H23BrFN. The predicted molar refractivity (Wildman–Crippen MR) is 83.5 cm³/mol. The van der Waals surface area contributed by atoms with Gasteiger partial charge in [-0.05, 0) is 61.7 Å². The number of benzene rings is 1. The van der Waals surface area contributed by atoms with Crippen LogP contribution in [0.3, 0.4) is 0 Å². The second-order valence-electron chi connectivity index (χ2n) is 6.50. The van der Waals surface area contributed by atoms with Crippen molar-refractivity contribution >= 4 is 21.6 Å². The molecule has 0 radical (unpaired) electrons. The van der Waals surface area contributed by atoms with Gasteiger partial charge in [0, 0.05) is 28.7 Å². The van der Waals surface area contributed by atoms with E-state index in [1.54, 1.807) is 0 Å². The van der Waals surface area contributed by atoms with E-state index in [1.165, 1.54) is 0 Å². The number of nitrogens with zero attached hydrogens (tertiary/aromatic N) is 1. The van der Waals surface area contributed by atoms with Crippen LogP contribution in [-0.2, 0) is 5.41 Å². The summed E-state index contributed by atoms with van der Waals surface area (Å²) in [5.41, 5.74) is 1.93. The van der Waals surface area contributed by atoms with Gasteiger partial charge in [-0.3, -0.25) is 0 Å². The molecule has 1 nitrogen and oxygen atoms in total. The third-order valence-electron chi connectivity index (χ3n) is 4.52. The Morgan fingerprint density at radius 2 is 1.84 bits per heavy atom. The summed E-state index contributed by atoms with van der Waals surface area (Å²) < 4.78 is 15.2. The van der Waals surface area contributed by atoms with Gasteiger partial charge in [0.25, 0.3) is 0 Å². The van der Waals surface area contributed by atoms with Gasteiger partial charge in [0.05, 0.1) is 4.47 Å². The van der Waals surface area contributed by atoms with Crippen molar-refractivity contribution in [3.05, 3.63) is 28.0 Å². The van der Waals surface area contributed by atoms with Crippen molar-refractivity contribution in [2.75, 3.05) is 11.4 Å². The smallest absolute Gasteiger partial charge is 0.143 e. The minimum atomic E-state index is -0.0760. The molecule has 0 N–H and O–H groups in total.